The number of hydrogen-bond donors (Lipinski definition) is 2. The van der Waals surface area contributed by atoms with Gasteiger partial charge in [-0.2, -0.15) is 10.2 Å². The number of carbonyl (C=O) groups is 2. The van der Waals surface area contributed by atoms with Crippen LogP contribution in [-0.4, -0.2) is 112 Å². The van der Waals surface area contributed by atoms with E-state index in [4.69, 9.17) is 45.6 Å². The van der Waals surface area contributed by atoms with E-state index in [2.05, 4.69) is 48.5 Å². The molecule has 18 heteroatoms. The normalized spacial score (nSPS) is 13.3. The number of nitrogens with zero attached hydrogens (tertiary/aromatic N) is 11. The molecule has 0 aliphatic carbocycles. The lowest BCUT2D eigenvalue weighted by molar-refractivity contribution is 0.0358. The number of primary amides is 2. The number of methoxy groups -OCH3 is 1. The van der Waals surface area contributed by atoms with Crippen molar-refractivity contribution in [2.45, 2.75) is 73.1 Å². The minimum atomic E-state index is -0.548. The third-order valence-corrected chi connectivity index (χ3v) is 13.2. The maximum atomic E-state index is 12.8. The standard InChI is InChI=1S/C52H57N13O5/c1-6-64-41(23-31(3)59-64)49-55-29-39-37-25-35(47(53)66)27-43(68-5)45(37)62(51(39)57-49)16-13-33-9-11-34(12-10-33)14-17-63-46-38(40-30-56-50(58-52(40)63)42-24-32(4)60-65(42)7-2)26-36(48(54)67)28-44(46)70-20-8-15-61-18-21-69-22-19-61/h9-12,23-30H,6-8,13-22H2,1-5H3,(H2,53,66)(H2,54,67). The van der Waals surface area contributed by atoms with Crippen molar-refractivity contribution in [3.8, 4) is 34.5 Å². The molecule has 4 N–H and O–H groups in total. The van der Waals surface area contributed by atoms with Crippen molar-refractivity contribution in [1.82, 2.24) is 53.5 Å². The second-order valence-corrected chi connectivity index (χ2v) is 17.8. The summed E-state index contributed by atoms with van der Waals surface area (Å²) in [6.45, 7) is 15.1. The number of carbonyl (C=O) groups excluding carboxylic acids is 2. The first kappa shape index (κ1) is 46.1. The van der Waals surface area contributed by atoms with Gasteiger partial charge in [-0.15, -0.1) is 0 Å². The van der Waals surface area contributed by atoms with E-state index in [0.717, 1.165) is 111 Å². The zero-order valence-corrected chi connectivity index (χ0v) is 40.2. The average molecular weight is 944 g/mol. The topological polar surface area (TPSA) is 214 Å². The molecule has 70 heavy (non-hydrogen) atoms. The van der Waals surface area contributed by atoms with Gasteiger partial charge in [-0.1, -0.05) is 24.3 Å². The van der Waals surface area contributed by atoms with E-state index in [-0.39, 0.29) is 0 Å². The molecule has 1 aliphatic heterocycles. The minimum absolute atomic E-state index is 0.342. The Hall–Kier alpha value is -7.70. The van der Waals surface area contributed by atoms with Gasteiger partial charge >= 0.3 is 0 Å². The molecule has 9 aromatic rings. The molecule has 0 unspecified atom stereocenters. The monoisotopic (exact) mass is 943 g/mol. The maximum Gasteiger partial charge on any atom is 0.248 e. The highest BCUT2D eigenvalue weighted by atomic mass is 16.5. The number of aromatic nitrogens is 10. The Morgan fingerprint density at radius 1 is 0.657 bits per heavy atom. The SMILES string of the molecule is CCn1nc(C)cc1-c1ncc2c3cc(C(N)=O)cc(OC)c3n(CCc3ccc(CCn4c5nc(-c6cc(C)nn6CC)ncc5c5cc(C(N)=O)cc(OCCCN6CCOCC6)c54)cc3)c2n1. The fourth-order valence-corrected chi connectivity index (χ4v) is 9.75. The Labute approximate surface area is 404 Å². The predicted octanol–water partition coefficient (Wildman–Crippen LogP) is 6.66. The van der Waals surface area contributed by atoms with Crippen LogP contribution in [0.15, 0.2) is 73.1 Å². The molecule has 6 aromatic heterocycles. The molecule has 3 aromatic carbocycles. The lowest BCUT2D eigenvalue weighted by atomic mass is 10.1. The van der Waals surface area contributed by atoms with Gasteiger partial charge in [0.15, 0.2) is 11.6 Å². The van der Waals surface area contributed by atoms with Gasteiger partial charge < -0.3 is 34.8 Å². The predicted molar refractivity (Wildman–Crippen MR) is 268 cm³/mol. The van der Waals surface area contributed by atoms with Crippen LogP contribution in [0.4, 0.5) is 0 Å². The van der Waals surface area contributed by atoms with Gasteiger partial charge in [0.1, 0.15) is 34.2 Å². The third kappa shape index (κ3) is 8.79. The zero-order chi connectivity index (χ0) is 48.6. The third-order valence-electron chi connectivity index (χ3n) is 13.2. The number of rotatable bonds is 18. The fourth-order valence-electron chi connectivity index (χ4n) is 9.75. The molecule has 1 fully saturated rings. The Kier molecular flexibility index (Phi) is 12.7. The summed E-state index contributed by atoms with van der Waals surface area (Å²) in [4.78, 5) is 47.6. The average Bonchev–Trinajstić information content (AvgIpc) is 4.13. The number of morpholine rings is 1. The highest BCUT2D eigenvalue weighted by Crippen LogP contribution is 2.38. The van der Waals surface area contributed by atoms with E-state index in [9.17, 15) is 9.59 Å². The van der Waals surface area contributed by atoms with Crippen molar-refractivity contribution in [2.75, 3.05) is 46.6 Å². The quantitative estimate of drug-likeness (QED) is 0.0865. The number of benzene rings is 3. The molecule has 0 radical (unpaired) electrons. The number of hydrogen-bond acceptors (Lipinski definition) is 12. The lowest BCUT2D eigenvalue weighted by Crippen LogP contribution is -2.37. The van der Waals surface area contributed by atoms with E-state index in [1.165, 1.54) is 0 Å². The Morgan fingerprint density at radius 3 is 1.61 bits per heavy atom. The summed E-state index contributed by atoms with van der Waals surface area (Å²) in [6, 6.07) is 19.7. The van der Waals surface area contributed by atoms with Gasteiger partial charge in [-0.25, -0.2) is 19.9 Å². The zero-order valence-electron chi connectivity index (χ0n) is 40.2. The Bertz CT molecular complexity index is 3430. The molecule has 1 saturated heterocycles. The second kappa shape index (κ2) is 19.4. The summed E-state index contributed by atoms with van der Waals surface area (Å²) < 4.78 is 26.2. The number of nitrogens with two attached hydrogens (primary N) is 2. The molecule has 1 aliphatic rings. The molecule has 360 valence electrons. The van der Waals surface area contributed by atoms with Gasteiger partial charge in [0, 0.05) is 90.9 Å². The van der Waals surface area contributed by atoms with Crippen LogP contribution in [0, 0.1) is 13.8 Å². The molecule has 18 nitrogen and oxygen atoms in total. The molecule has 10 rings (SSSR count). The van der Waals surface area contributed by atoms with E-state index in [1.54, 1.807) is 25.3 Å². The fraction of sp³-hybridized carbons (Fsp3) is 0.346. The summed E-state index contributed by atoms with van der Waals surface area (Å²) in [5, 5.41) is 12.5. The first-order valence-corrected chi connectivity index (χ1v) is 23.9. The van der Waals surface area contributed by atoms with Crippen LogP contribution in [0.2, 0.25) is 0 Å². The number of aryl methyl sites for hydroxylation is 8. The highest BCUT2D eigenvalue weighted by molar-refractivity contribution is 6.13. The summed E-state index contributed by atoms with van der Waals surface area (Å²) in [5.41, 5.74) is 21.2. The summed E-state index contributed by atoms with van der Waals surface area (Å²) >= 11 is 0. The van der Waals surface area contributed by atoms with Crippen LogP contribution in [0.5, 0.6) is 11.5 Å². The summed E-state index contributed by atoms with van der Waals surface area (Å²) in [7, 11) is 1.59. The van der Waals surface area contributed by atoms with E-state index in [0.29, 0.717) is 85.5 Å². The smallest absolute Gasteiger partial charge is 0.248 e. The number of ether oxygens (including phenoxy) is 3. The van der Waals surface area contributed by atoms with Crippen LogP contribution >= 0.6 is 0 Å². The van der Waals surface area contributed by atoms with E-state index in [1.807, 2.05) is 67.7 Å². The largest absolute Gasteiger partial charge is 0.495 e. The van der Waals surface area contributed by atoms with Crippen LogP contribution in [0.3, 0.4) is 0 Å². The van der Waals surface area contributed by atoms with Gasteiger partial charge in [-0.3, -0.25) is 23.9 Å². The van der Waals surface area contributed by atoms with Gasteiger partial charge in [0.05, 0.1) is 49.4 Å². The second-order valence-electron chi connectivity index (χ2n) is 17.8. The number of fused-ring (bicyclic) bond motifs is 6. The van der Waals surface area contributed by atoms with E-state index >= 15 is 0 Å². The van der Waals surface area contributed by atoms with Gasteiger partial charge in [-0.05, 0) is 94.5 Å². The van der Waals surface area contributed by atoms with Crippen LogP contribution in [-0.2, 0) is 43.8 Å². The summed E-state index contributed by atoms with van der Waals surface area (Å²) in [5.74, 6) is 1.13. The molecule has 0 saturated carbocycles. The first-order chi connectivity index (χ1) is 34.0. The Morgan fingerprint density at radius 2 is 1.14 bits per heavy atom. The lowest BCUT2D eigenvalue weighted by Gasteiger charge is -2.26. The molecule has 0 spiro atoms. The maximum absolute atomic E-state index is 12.8. The summed E-state index contributed by atoms with van der Waals surface area (Å²) in [6.07, 6.45) is 5.80. The Balaban J connectivity index is 0.970. The van der Waals surface area contributed by atoms with Gasteiger partial charge in [0.2, 0.25) is 11.8 Å². The molecule has 0 bridgehead atoms. The van der Waals surface area contributed by atoms with Crippen LogP contribution in [0.1, 0.15) is 63.5 Å². The van der Waals surface area contributed by atoms with Crippen molar-refractivity contribution in [1.29, 1.82) is 0 Å². The van der Waals surface area contributed by atoms with Crippen molar-refractivity contribution in [3.05, 3.63) is 107 Å². The molecule has 7 heterocycles. The molecular weight excluding hydrogens is 887 g/mol. The molecular formula is C52H57N13O5. The van der Waals surface area contributed by atoms with Crippen LogP contribution < -0.4 is 20.9 Å². The molecule has 0 atom stereocenters. The van der Waals surface area contributed by atoms with Crippen molar-refractivity contribution < 1.29 is 23.8 Å². The minimum Gasteiger partial charge on any atom is -0.495 e. The molecule has 2 amide bonds. The van der Waals surface area contributed by atoms with Gasteiger partial charge in [0.25, 0.3) is 0 Å². The van der Waals surface area contributed by atoms with Crippen molar-refractivity contribution in [3.63, 3.8) is 0 Å². The van der Waals surface area contributed by atoms with Crippen LogP contribution in [0.25, 0.3) is 66.9 Å². The number of amides is 2. The van der Waals surface area contributed by atoms with Crippen molar-refractivity contribution >= 4 is 55.7 Å². The highest BCUT2D eigenvalue weighted by Gasteiger charge is 2.24. The van der Waals surface area contributed by atoms with Crippen molar-refractivity contribution in [2.24, 2.45) is 11.5 Å². The first-order valence-electron chi connectivity index (χ1n) is 23.9. The van der Waals surface area contributed by atoms with E-state index < -0.39 is 11.8 Å².